The molecule has 1 heterocycles. The molecule has 5 heteroatoms. The SMILES string of the molecule is CCCOc1ccc(C(=O)N/N=C\c2cn(C)c3ccccc23)cc1. The van der Waals surface area contributed by atoms with Gasteiger partial charge in [0.1, 0.15) is 5.75 Å². The normalized spacial score (nSPS) is 11.1. The Balaban J connectivity index is 1.66. The maximum atomic E-state index is 12.2. The second kappa shape index (κ2) is 7.66. The van der Waals surface area contributed by atoms with Gasteiger partial charge in [-0.05, 0) is 36.8 Å². The zero-order valence-corrected chi connectivity index (χ0v) is 14.4. The van der Waals surface area contributed by atoms with Crippen molar-refractivity contribution in [1.29, 1.82) is 0 Å². The van der Waals surface area contributed by atoms with E-state index in [1.807, 2.05) is 42.1 Å². The van der Waals surface area contributed by atoms with Gasteiger partial charge in [-0.15, -0.1) is 0 Å². The van der Waals surface area contributed by atoms with Crippen molar-refractivity contribution in [3.63, 3.8) is 0 Å². The molecule has 2 aromatic carbocycles. The van der Waals surface area contributed by atoms with Crippen LogP contribution in [0.5, 0.6) is 5.75 Å². The standard InChI is InChI=1S/C20H21N3O2/c1-3-12-25-17-10-8-15(9-11-17)20(24)22-21-13-16-14-23(2)19-7-5-4-6-18(16)19/h4-11,13-14H,3,12H2,1-2H3,(H,22,24)/b21-13-. The van der Waals surface area contributed by atoms with Crippen LogP contribution in [0, 0.1) is 0 Å². The van der Waals surface area contributed by atoms with Crippen molar-refractivity contribution in [2.24, 2.45) is 12.1 Å². The maximum absolute atomic E-state index is 12.2. The average Bonchev–Trinajstić information content (AvgIpc) is 2.97. The van der Waals surface area contributed by atoms with E-state index in [4.69, 9.17) is 4.74 Å². The number of nitrogens with zero attached hydrogens (tertiary/aromatic N) is 2. The fraction of sp³-hybridized carbons (Fsp3) is 0.200. The Hall–Kier alpha value is -3.08. The Labute approximate surface area is 146 Å². The lowest BCUT2D eigenvalue weighted by molar-refractivity contribution is 0.0955. The fourth-order valence-corrected chi connectivity index (χ4v) is 2.62. The summed E-state index contributed by atoms with van der Waals surface area (Å²) >= 11 is 0. The lowest BCUT2D eigenvalue weighted by Gasteiger charge is -2.05. The van der Waals surface area contributed by atoms with Gasteiger partial charge in [0.15, 0.2) is 0 Å². The number of para-hydroxylation sites is 1. The maximum Gasteiger partial charge on any atom is 0.271 e. The molecule has 3 aromatic rings. The van der Waals surface area contributed by atoms with Crippen LogP contribution in [0.15, 0.2) is 59.8 Å². The van der Waals surface area contributed by atoms with Gasteiger partial charge in [-0.25, -0.2) is 5.43 Å². The molecule has 0 saturated carbocycles. The summed E-state index contributed by atoms with van der Waals surface area (Å²) in [4.78, 5) is 12.2. The van der Waals surface area contributed by atoms with Gasteiger partial charge in [-0.1, -0.05) is 25.1 Å². The van der Waals surface area contributed by atoms with E-state index in [1.54, 1.807) is 30.5 Å². The highest BCUT2D eigenvalue weighted by Crippen LogP contribution is 2.18. The number of carbonyl (C=O) groups is 1. The van der Waals surface area contributed by atoms with Crippen LogP contribution in [0.3, 0.4) is 0 Å². The molecule has 0 aliphatic carbocycles. The van der Waals surface area contributed by atoms with Crippen LogP contribution in [-0.2, 0) is 7.05 Å². The van der Waals surface area contributed by atoms with Crippen molar-refractivity contribution in [2.45, 2.75) is 13.3 Å². The lowest BCUT2D eigenvalue weighted by Crippen LogP contribution is -2.17. The first-order valence-corrected chi connectivity index (χ1v) is 8.29. The van der Waals surface area contributed by atoms with Crippen LogP contribution < -0.4 is 10.2 Å². The van der Waals surface area contributed by atoms with Crippen LogP contribution in [0.25, 0.3) is 10.9 Å². The highest BCUT2D eigenvalue weighted by molar-refractivity contribution is 6.00. The molecule has 0 unspecified atom stereocenters. The van der Waals surface area contributed by atoms with Crippen molar-refractivity contribution in [1.82, 2.24) is 9.99 Å². The van der Waals surface area contributed by atoms with Gasteiger partial charge in [0.05, 0.1) is 12.8 Å². The molecular formula is C20H21N3O2. The smallest absolute Gasteiger partial charge is 0.271 e. The molecule has 0 spiro atoms. The minimum atomic E-state index is -0.251. The number of aromatic nitrogens is 1. The van der Waals surface area contributed by atoms with Gasteiger partial charge in [0.25, 0.3) is 5.91 Å². The summed E-state index contributed by atoms with van der Waals surface area (Å²) in [7, 11) is 1.99. The van der Waals surface area contributed by atoms with E-state index >= 15 is 0 Å². The van der Waals surface area contributed by atoms with Gasteiger partial charge in [0, 0.05) is 35.3 Å². The van der Waals surface area contributed by atoms with Crippen molar-refractivity contribution >= 4 is 23.0 Å². The van der Waals surface area contributed by atoms with E-state index in [2.05, 4.69) is 17.5 Å². The second-order valence-corrected chi connectivity index (χ2v) is 5.78. The fourth-order valence-electron chi connectivity index (χ4n) is 2.62. The molecule has 0 aliphatic heterocycles. The minimum Gasteiger partial charge on any atom is -0.494 e. The molecule has 1 N–H and O–H groups in total. The largest absolute Gasteiger partial charge is 0.494 e. The molecule has 0 saturated heterocycles. The van der Waals surface area contributed by atoms with Crippen molar-refractivity contribution in [3.05, 3.63) is 65.9 Å². The highest BCUT2D eigenvalue weighted by atomic mass is 16.5. The quantitative estimate of drug-likeness (QED) is 0.551. The zero-order chi connectivity index (χ0) is 17.6. The molecule has 3 rings (SSSR count). The van der Waals surface area contributed by atoms with Gasteiger partial charge < -0.3 is 9.30 Å². The molecule has 0 bridgehead atoms. The number of amides is 1. The highest BCUT2D eigenvalue weighted by Gasteiger charge is 2.06. The molecule has 0 radical (unpaired) electrons. The van der Waals surface area contributed by atoms with Crippen LogP contribution in [-0.4, -0.2) is 23.3 Å². The van der Waals surface area contributed by atoms with Crippen molar-refractivity contribution < 1.29 is 9.53 Å². The Morgan fingerprint density at radius 1 is 1.20 bits per heavy atom. The van der Waals surface area contributed by atoms with Gasteiger partial charge >= 0.3 is 0 Å². The summed E-state index contributed by atoms with van der Waals surface area (Å²) in [5.41, 5.74) is 5.19. The van der Waals surface area contributed by atoms with Crippen LogP contribution in [0.1, 0.15) is 29.3 Å². The van der Waals surface area contributed by atoms with Gasteiger partial charge in [-0.3, -0.25) is 4.79 Å². The van der Waals surface area contributed by atoms with Crippen molar-refractivity contribution in [2.75, 3.05) is 6.61 Å². The number of hydrogen-bond donors (Lipinski definition) is 1. The number of nitrogens with one attached hydrogen (secondary N) is 1. The van der Waals surface area contributed by atoms with E-state index in [0.717, 1.165) is 28.6 Å². The number of rotatable bonds is 6. The van der Waals surface area contributed by atoms with E-state index in [0.29, 0.717) is 12.2 Å². The Bertz CT molecular complexity index is 895. The monoisotopic (exact) mass is 335 g/mol. The summed E-state index contributed by atoms with van der Waals surface area (Å²) in [5, 5.41) is 5.18. The van der Waals surface area contributed by atoms with Crippen molar-refractivity contribution in [3.8, 4) is 5.75 Å². The number of benzene rings is 2. The zero-order valence-electron chi connectivity index (χ0n) is 14.4. The molecule has 0 aliphatic rings. The van der Waals surface area contributed by atoms with Crippen LogP contribution in [0.4, 0.5) is 0 Å². The van der Waals surface area contributed by atoms with E-state index in [9.17, 15) is 4.79 Å². The molecule has 25 heavy (non-hydrogen) atoms. The van der Waals surface area contributed by atoms with Crippen LogP contribution >= 0.6 is 0 Å². The second-order valence-electron chi connectivity index (χ2n) is 5.78. The van der Waals surface area contributed by atoms with Gasteiger partial charge in [-0.2, -0.15) is 5.10 Å². The Morgan fingerprint density at radius 3 is 2.72 bits per heavy atom. The van der Waals surface area contributed by atoms with Crippen LogP contribution in [0.2, 0.25) is 0 Å². The molecule has 1 amide bonds. The Morgan fingerprint density at radius 2 is 1.96 bits per heavy atom. The van der Waals surface area contributed by atoms with E-state index < -0.39 is 0 Å². The van der Waals surface area contributed by atoms with E-state index in [1.165, 1.54) is 0 Å². The number of ether oxygens (including phenoxy) is 1. The van der Waals surface area contributed by atoms with E-state index in [-0.39, 0.29) is 5.91 Å². The number of hydrazone groups is 1. The average molecular weight is 335 g/mol. The molecule has 0 atom stereocenters. The molecule has 5 nitrogen and oxygen atoms in total. The third-order valence-electron chi connectivity index (χ3n) is 3.89. The summed E-state index contributed by atoms with van der Waals surface area (Å²) in [5.74, 6) is 0.510. The third kappa shape index (κ3) is 3.88. The lowest BCUT2D eigenvalue weighted by atomic mass is 10.2. The molecular weight excluding hydrogens is 314 g/mol. The number of hydrogen-bond acceptors (Lipinski definition) is 3. The first-order chi connectivity index (χ1) is 12.2. The summed E-state index contributed by atoms with van der Waals surface area (Å²) in [6.07, 6.45) is 4.60. The first-order valence-electron chi connectivity index (χ1n) is 8.29. The number of carbonyl (C=O) groups excluding carboxylic acids is 1. The minimum absolute atomic E-state index is 0.251. The molecule has 1 aromatic heterocycles. The predicted molar refractivity (Wildman–Crippen MR) is 100 cm³/mol. The molecule has 0 fully saturated rings. The summed E-state index contributed by atoms with van der Waals surface area (Å²) in [6.45, 7) is 2.72. The summed E-state index contributed by atoms with van der Waals surface area (Å²) < 4.78 is 7.54. The first kappa shape index (κ1) is 16.8. The summed E-state index contributed by atoms with van der Waals surface area (Å²) in [6, 6.07) is 15.1. The van der Waals surface area contributed by atoms with Gasteiger partial charge in [0.2, 0.25) is 0 Å². The molecule has 128 valence electrons. The topological polar surface area (TPSA) is 55.6 Å². The number of aryl methyl sites for hydroxylation is 1. The third-order valence-corrected chi connectivity index (χ3v) is 3.89. The number of fused-ring (bicyclic) bond motifs is 1. The predicted octanol–water partition coefficient (Wildman–Crippen LogP) is 3.73. The Kier molecular flexibility index (Phi) is 5.14.